The standard InChI is InChI=1S/C18H18F6N2O4/c19-17(20,21)9-29-15-3-5-25-13(7-27)11(15)1-2-12-14(8-28)26-6-4-16(12)30-10-18(22,23)24/h3-6,27-28H,1-2,7-10H2. The maximum Gasteiger partial charge on any atom is 0.422 e. The van der Waals surface area contributed by atoms with Crippen molar-refractivity contribution in [3.63, 3.8) is 0 Å². The Labute approximate surface area is 167 Å². The minimum atomic E-state index is -4.59. The topological polar surface area (TPSA) is 84.7 Å². The first-order valence-corrected chi connectivity index (χ1v) is 8.58. The molecule has 0 fully saturated rings. The van der Waals surface area contributed by atoms with Gasteiger partial charge in [0, 0.05) is 23.5 Å². The van der Waals surface area contributed by atoms with E-state index in [0.717, 1.165) is 0 Å². The first kappa shape index (κ1) is 23.7. The molecule has 0 radical (unpaired) electrons. The monoisotopic (exact) mass is 440 g/mol. The van der Waals surface area contributed by atoms with Gasteiger partial charge in [0.1, 0.15) is 11.5 Å². The number of alkyl halides is 6. The van der Waals surface area contributed by atoms with E-state index >= 15 is 0 Å². The molecule has 0 aliphatic carbocycles. The van der Waals surface area contributed by atoms with Crippen LogP contribution in [0.3, 0.4) is 0 Å². The number of aliphatic hydroxyl groups excluding tert-OH is 2. The molecular weight excluding hydrogens is 422 g/mol. The average Bonchev–Trinajstić information content (AvgIpc) is 2.68. The smallest absolute Gasteiger partial charge is 0.422 e. The van der Waals surface area contributed by atoms with E-state index in [2.05, 4.69) is 9.97 Å². The summed E-state index contributed by atoms with van der Waals surface area (Å²) in [6.07, 6.45) is -6.96. The molecule has 0 aromatic carbocycles. The van der Waals surface area contributed by atoms with E-state index in [9.17, 15) is 36.6 Å². The van der Waals surface area contributed by atoms with Crippen LogP contribution in [0.5, 0.6) is 11.5 Å². The minimum absolute atomic E-state index is 0.0573. The highest BCUT2D eigenvalue weighted by molar-refractivity contribution is 5.40. The van der Waals surface area contributed by atoms with Gasteiger partial charge in [-0.3, -0.25) is 9.97 Å². The highest BCUT2D eigenvalue weighted by atomic mass is 19.4. The summed E-state index contributed by atoms with van der Waals surface area (Å²) in [5, 5.41) is 18.9. The van der Waals surface area contributed by atoms with Crippen molar-refractivity contribution in [1.82, 2.24) is 9.97 Å². The van der Waals surface area contributed by atoms with E-state index < -0.39 is 38.8 Å². The lowest BCUT2D eigenvalue weighted by atomic mass is 10.0. The van der Waals surface area contributed by atoms with Crippen molar-refractivity contribution < 1.29 is 46.0 Å². The van der Waals surface area contributed by atoms with E-state index in [-0.39, 0.29) is 46.9 Å². The second-order valence-corrected chi connectivity index (χ2v) is 6.09. The van der Waals surface area contributed by atoms with Crippen LogP contribution in [0.15, 0.2) is 24.5 Å². The average molecular weight is 440 g/mol. The van der Waals surface area contributed by atoms with Crippen LogP contribution in [0.4, 0.5) is 26.3 Å². The van der Waals surface area contributed by atoms with Crippen LogP contribution in [0.25, 0.3) is 0 Å². The molecule has 2 heterocycles. The number of ether oxygens (including phenoxy) is 2. The molecule has 0 bridgehead atoms. The number of aromatic nitrogens is 2. The lowest BCUT2D eigenvalue weighted by Crippen LogP contribution is -2.21. The number of halogens is 6. The molecule has 2 rings (SSSR count). The van der Waals surface area contributed by atoms with Crippen molar-refractivity contribution in [3.8, 4) is 11.5 Å². The molecule has 0 saturated heterocycles. The van der Waals surface area contributed by atoms with E-state index in [0.29, 0.717) is 0 Å². The van der Waals surface area contributed by atoms with Crippen molar-refractivity contribution in [2.45, 2.75) is 38.4 Å². The molecule has 166 valence electrons. The molecule has 2 aromatic heterocycles. The summed E-state index contributed by atoms with van der Waals surface area (Å²) in [4.78, 5) is 7.78. The highest BCUT2D eigenvalue weighted by Gasteiger charge is 2.30. The third-order valence-electron chi connectivity index (χ3n) is 3.91. The van der Waals surface area contributed by atoms with Gasteiger partial charge in [-0.2, -0.15) is 26.3 Å². The zero-order chi connectivity index (χ0) is 22.4. The van der Waals surface area contributed by atoms with E-state index in [1.807, 2.05) is 0 Å². The molecule has 0 aliphatic rings. The molecule has 0 unspecified atom stereocenters. The molecule has 2 aromatic rings. The van der Waals surface area contributed by atoms with Crippen LogP contribution < -0.4 is 9.47 Å². The van der Waals surface area contributed by atoms with Gasteiger partial charge in [-0.05, 0) is 25.0 Å². The summed E-state index contributed by atoms with van der Waals surface area (Å²) < 4.78 is 84.6. The van der Waals surface area contributed by atoms with Crippen molar-refractivity contribution in [1.29, 1.82) is 0 Å². The number of rotatable bonds is 9. The largest absolute Gasteiger partial charge is 0.484 e. The Balaban J connectivity index is 2.30. The summed E-state index contributed by atoms with van der Waals surface area (Å²) in [7, 11) is 0. The van der Waals surface area contributed by atoms with Crippen molar-refractivity contribution in [3.05, 3.63) is 47.0 Å². The third-order valence-corrected chi connectivity index (χ3v) is 3.91. The molecule has 12 heteroatoms. The SMILES string of the molecule is OCc1nccc(OCC(F)(F)F)c1CCc1c(OCC(F)(F)F)ccnc1CO. The Hall–Kier alpha value is -2.60. The first-order chi connectivity index (χ1) is 14.0. The summed E-state index contributed by atoms with van der Waals surface area (Å²) in [5.74, 6) is -0.336. The molecule has 30 heavy (non-hydrogen) atoms. The molecule has 6 nitrogen and oxygen atoms in total. The summed E-state index contributed by atoms with van der Waals surface area (Å²) in [5.41, 5.74) is 0.418. The lowest BCUT2D eigenvalue weighted by molar-refractivity contribution is -0.154. The lowest BCUT2D eigenvalue weighted by Gasteiger charge is -2.18. The number of aliphatic hydroxyl groups is 2. The van der Waals surface area contributed by atoms with E-state index in [1.54, 1.807) is 0 Å². The van der Waals surface area contributed by atoms with Crippen LogP contribution in [-0.4, -0.2) is 45.7 Å². The number of pyridine rings is 2. The number of hydrogen-bond donors (Lipinski definition) is 2. The minimum Gasteiger partial charge on any atom is -0.484 e. The predicted molar refractivity (Wildman–Crippen MR) is 90.8 cm³/mol. The first-order valence-electron chi connectivity index (χ1n) is 8.58. The molecule has 0 saturated carbocycles. The van der Waals surface area contributed by atoms with Crippen molar-refractivity contribution in [2.75, 3.05) is 13.2 Å². The second kappa shape index (κ2) is 9.94. The molecule has 2 N–H and O–H groups in total. The van der Waals surface area contributed by atoms with E-state index in [4.69, 9.17) is 9.47 Å². The van der Waals surface area contributed by atoms with Crippen LogP contribution in [-0.2, 0) is 26.1 Å². The summed E-state index contributed by atoms with van der Waals surface area (Å²) >= 11 is 0. The molecule has 0 amide bonds. The maximum absolute atomic E-state index is 12.5. The zero-order valence-electron chi connectivity index (χ0n) is 15.4. The number of nitrogens with zero attached hydrogens (tertiary/aromatic N) is 2. The zero-order valence-corrected chi connectivity index (χ0v) is 15.4. The van der Waals surface area contributed by atoms with Gasteiger partial charge in [-0.1, -0.05) is 0 Å². The van der Waals surface area contributed by atoms with Crippen molar-refractivity contribution >= 4 is 0 Å². The van der Waals surface area contributed by atoms with Gasteiger partial charge in [-0.25, -0.2) is 0 Å². The molecule has 0 spiro atoms. The van der Waals surface area contributed by atoms with Gasteiger partial charge >= 0.3 is 12.4 Å². The fourth-order valence-electron chi connectivity index (χ4n) is 2.68. The van der Waals surface area contributed by atoms with Gasteiger partial charge in [0.2, 0.25) is 0 Å². The second-order valence-electron chi connectivity index (χ2n) is 6.09. The fourth-order valence-corrected chi connectivity index (χ4v) is 2.68. The van der Waals surface area contributed by atoms with E-state index in [1.165, 1.54) is 24.5 Å². The van der Waals surface area contributed by atoms with Gasteiger partial charge < -0.3 is 19.7 Å². The van der Waals surface area contributed by atoms with Gasteiger partial charge in [0.05, 0.1) is 24.6 Å². The summed E-state index contributed by atoms with van der Waals surface area (Å²) in [6, 6.07) is 2.38. The Bertz CT molecular complexity index is 773. The maximum atomic E-state index is 12.5. The van der Waals surface area contributed by atoms with Crippen LogP contribution >= 0.6 is 0 Å². The van der Waals surface area contributed by atoms with Crippen LogP contribution in [0.2, 0.25) is 0 Å². The third kappa shape index (κ3) is 7.02. The molecular formula is C18H18F6N2O4. The highest BCUT2D eigenvalue weighted by Crippen LogP contribution is 2.29. The van der Waals surface area contributed by atoms with Gasteiger partial charge in [0.15, 0.2) is 13.2 Å². The van der Waals surface area contributed by atoms with Crippen LogP contribution in [0.1, 0.15) is 22.5 Å². The summed E-state index contributed by atoms with van der Waals surface area (Å²) in [6.45, 7) is -4.31. The van der Waals surface area contributed by atoms with Gasteiger partial charge in [0.25, 0.3) is 0 Å². The Morgan fingerprint density at radius 2 is 1.07 bits per heavy atom. The van der Waals surface area contributed by atoms with Crippen LogP contribution in [0, 0.1) is 0 Å². The van der Waals surface area contributed by atoms with Crippen molar-refractivity contribution in [2.24, 2.45) is 0 Å². The Morgan fingerprint density at radius 1 is 0.700 bits per heavy atom. The Morgan fingerprint density at radius 3 is 1.37 bits per heavy atom. The predicted octanol–water partition coefficient (Wildman–Crippen LogP) is 3.13. The molecule has 0 atom stereocenters. The molecule has 0 aliphatic heterocycles. The Kier molecular flexibility index (Phi) is 7.84. The fraction of sp³-hybridized carbons (Fsp3) is 0.444. The quantitative estimate of drug-likeness (QED) is 0.583. The van der Waals surface area contributed by atoms with Gasteiger partial charge in [-0.15, -0.1) is 0 Å². The number of hydrogen-bond acceptors (Lipinski definition) is 6. The normalized spacial score (nSPS) is 12.1.